The van der Waals surface area contributed by atoms with Crippen LogP contribution in [0, 0.1) is 11.8 Å². The van der Waals surface area contributed by atoms with Gasteiger partial charge in [0.15, 0.2) is 6.10 Å². The third-order valence-corrected chi connectivity index (χ3v) is 9.70. The molecule has 0 bridgehead atoms. The maximum Gasteiger partial charge on any atom is 0.469 e. The summed E-state index contributed by atoms with van der Waals surface area (Å²) in [5.74, 6) is -1.83. The lowest BCUT2D eigenvalue weighted by Crippen LogP contribution is -2.29. The van der Waals surface area contributed by atoms with Crippen LogP contribution in [-0.2, 0) is 32.9 Å². The van der Waals surface area contributed by atoms with Gasteiger partial charge in [0, 0.05) is 31.1 Å². The smallest absolute Gasteiger partial charge is 0.462 e. The molecule has 0 saturated heterocycles. The van der Waals surface area contributed by atoms with Crippen LogP contribution in [0.5, 0.6) is 0 Å². The van der Waals surface area contributed by atoms with Crippen LogP contribution < -0.4 is 0 Å². The number of hydrogen-bond donors (Lipinski definition) is 4. The fourth-order valence-corrected chi connectivity index (χ4v) is 6.47. The van der Waals surface area contributed by atoms with E-state index in [-0.39, 0.29) is 36.9 Å². The average molecular weight is 769 g/mol. The molecule has 53 heavy (non-hydrogen) atoms. The highest BCUT2D eigenvalue weighted by molar-refractivity contribution is 7.46. The molecule has 0 spiro atoms. The molecule has 0 amide bonds. The van der Waals surface area contributed by atoms with Crippen molar-refractivity contribution in [3.63, 3.8) is 0 Å². The van der Waals surface area contributed by atoms with Gasteiger partial charge in [-0.3, -0.25) is 18.9 Å². The maximum atomic E-state index is 12.5. The molecular formula is C41H69O11P. The van der Waals surface area contributed by atoms with Gasteiger partial charge in [-0.1, -0.05) is 120 Å². The summed E-state index contributed by atoms with van der Waals surface area (Å²) in [7, 11) is -4.82. The van der Waals surface area contributed by atoms with E-state index >= 15 is 0 Å². The van der Waals surface area contributed by atoms with E-state index in [4.69, 9.17) is 19.3 Å². The highest BCUT2D eigenvalue weighted by Crippen LogP contribution is 2.36. The number of aliphatic hydroxyl groups is 2. The predicted octanol–water partition coefficient (Wildman–Crippen LogP) is 8.54. The number of phosphoric acid groups is 1. The first-order valence-electron chi connectivity index (χ1n) is 20.1. The molecule has 0 aliphatic heterocycles. The second kappa shape index (κ2) is 30.9. The first kappa shape index (κ1) is 48.6. The Balaban J connectivity index is 2.33. The molecule has 0 radical (unpaired) electrons. The highest BCUT2D eigenvalue weighted by Gasteiger charge is 2.39. The summed E-state index contributed by atoms with van der Waals surface area (Å²) in [6.45, 7) is 3.30. The molecule has 5 atom stereocenters. The first-order chi connectivity index (χ1) is 25.5. The van der Waals surface area contributed by atoms with E-state index in [0.29, 0.717) is 32.1 Å². The molecular weight excluding hydrogens is 699 g/mol. The molecule has 1 aliphatic rings. The normalized spacial score (nSPS) is 19.3. The molecule has 12 heteroatoms. The molecule has 0 unspecified atom stereocenters. The SMILES string of the molecule is CCCCCC/C=C\C=C/CCCCCCCC(=O)O[C@H](COC(=O)CCC/C=C\C[C@H]1C(=O)C[C@@H](O)[C@@H]1/C=C/[C@@H](O)CCCCC)COP(=O)(O)O. The number of esters is 2. The van der Waals surface area contributed by atoms with Crippen molar-refractivity contribution in [2.75, 3.05) is 13.2 Å². The van der Waals surface area contributed by atoms with Gasteiger partial charge in [-0.25, -0.2) is 4.57 Å². The number of ether oxygens (including phenoxy) is 2. The molecule has 1 saturated carbocycles. The van der Waals surface area contributed by atoms with Crippen LogP contribution >= 0.6 is 7.82 Å². The van der Waals surface area contributed by atoms with Crippen molar-refractivity contribution in [1.29, 1.82) is 0 Å². The van der Waals surface area contributed by atoms with Gasteiger partial charge in [0.1, 0.15) is 12.4 Å². The van der Waals surface area contributed by atoms with E-state index in [1.807, 2.05) is 12.2 Å². The predicted molar refractivity (Wildman–Crippen MR) is 208 cm³/mol. The number of aliphatic hydroxyl groups excluding tert-OH is 2. The fraction of sp³-hybridized carbons (Fsp3) is 0.732. The molecule has 1 rings (SSSR count). The summed E-state index contributed by atoms with van der Waals surface area (Å²) in [5.41, 5.74) is 0. The number of ketones is 1. The van der Waals surface area contributed by atoms with E-state index in [9.17, 15) is 29.2 Å². The highest BCUT2D eigenvalue weighted by atomic mass is 31.2. The summed E-state index contributed by atoms with van der Waals surface area (Å²) in [6.07, 6.45) is 30.5. The average Bonchev–Trinajstić information content (AvgIpc) is 3.38. The van der Waals surface area contributed by atoms with Crippen LogP contribution in [0.25, 0.3) is 0 Å². The molecule has 0 heterocycles. The van der Waals surface area contributed by atoms with Crippen LogP contribution in [0.1, 0.15) is 149 Å². The Morgan fingerprint density at radius 2 is 1.40 bits per heavy atom. The monoisotopic (exact) mass is 768 g/mol. The number of unbranched alkanes of at least 4 members (excludes halogenated alkanes) is 12. The van der Waals surface area contributed by atoms with Crippen LogP contribution in [0.2, 0.25) is 0 Å². The van der Waals surface area contributed by atoms with Gasteiger partial charge in [-0.2, -0.15) is 0 Å². The van der Waals surface area contributed by atoms with E-state index in [0.717, 1.165) is 57.8 Å². The number of hydrogen-bond acceptors (Lipinski definition) is 9. The lowest BCUT2D eigenvalue weighted by molar-refractivity contribution is -0.161. The molecule has 0 aromatic rings. The van der Waals surface area contributed by atoms with Crippen molar-refractivity contribution in [2.45, 2.75) is 167 Å². The fourth-order valence-electron chi connectivity index (χ4n) is 6.11. The lowest BCUT2D eigenvalue weighted by atomic mass is 9.90. The second-order valence-electron chi connectivity index (χ2n) is 14.1. The molecule has 304 valence electrons. The third-order valence-electron chi connectivity index (χ3n) is 9.22. The maximum absolute atomic E-state index is 12.5. The zero-order valence-corrected chi connectivity index (χ0v) is 33.3. The van der Waals surface area contributed by atoms with E-state index < -0.39 is 51.3 Å². The Kier molecular flexibility index (Phi) is 28.3. The second-order valence-corrected chi connectivity index (χ2v) is 15.3. The number of carbonyl (C=O) groups excluding carboxylic acids is 3. The van der Waals surface area contributed by atoms with Crippen molar-refractivity contribution < 1.29 is 52.9 Å². The zero-order chi connectivity index (χ0) is 39.2. The van der Waals surface area contributed by atoms with Crippen LogP contribution in [0.4, 0.5) is 0 Å². The summed E-state index contributed by atoms with van der Waals surface area (Å²) < 4.78 is 26.3. The standard InChI is InChI=1S/C41H69O11P/c1-3-5-7-8-9-10-11-12-13-14-15-16-17-18-24-28-41(46)52-35(33-51-53(47,48)49)32-50-40(45)27-23-20-19-22-26-36-37(39(44)31-38(36)43)30-29-34(42)25-21-6-4-2/h10-13,19,22,29-30,34-37,39,42,44H,3-9,14-18,20-21,23-28,31-33H2,1-2H3,(H2,47,48,49)/b11-10-,13-12-,22-19-,30-29+/t34-,35+,36+,37+,39+/m0/s1. The first-order valence-corrected chi connectivity index (χ1v) is 21.6. The van der Waals surface area contributed by atoms with Gasteiger partial charge in [-0.15, -0.1) is 0 Å². The minimum atomic E-state index is -4.82. The Bertz CT molecular complexity index is 1160. The Morgan fingerprint density at radius 1 is 0.792 bits per heavy atom. The molecule has 0 aromatic carbocycles. The van der Waals surface area contributed by atoms with Crippen molar-refractivity contribution in [1.82, 2.24) is 0 Å². The number of allylic oxidation sites excluding steroid dienone is 6. The Labute approximate surface area is 318 Å². The molecule has 4 N–H and O–H groups in total. The van der Waals surface area contributed by atoms with Gasteiger partial charge < -0.3 is 29.5 Å². The Morgan fingerprint density at radius 3 is 2.08 bits per heavy atom. The van der Waals surface area contributed by atoms with Crippen LogP contribution in [0.3, 0.4) is 0 Å². The summed E-state index contributed by atoms with van der Waals surface area (Å²) in [6, 6.07) is 0. The third kappa shape index (κ3) is 26.9. The minimum absolute atomic E-state index is 0.00953. The number of carbonyl (C=O) groups is 3. The minimum Gasteiger partial charge on any atom is -0.462 e. The molecule has 11 nitrogen and oxygen atoms in total. The topological polar surface area (TPSA) is 177 Å². The zero-order valence-electron chi connectivity index (χ0n) is 32.4. The van der Waals surface area contributed by atoms with Crippen molar-refractivity contribution in [3.05, 3.63) is 48.6 Å². The van der Waals surface area contributed by atoms with Crippen molar-refractivity contribution >= 4 is 25.5 Å². The van der Waals surface area contributed by atoms with Crippen LogP contribution in [0.15, 0.2) is 48.6 Å². The van der Waals surface area contributed by atoms with Crippen molar-refractivity contribution in [2.24, 2.45) is 11.8 Å². The summed E-state index contributed by atoms with van der Waals surface area (Å²) >= 11 is 0. The number of phosphoric ester groups is 1. The quantitative estimate of drug-likeness (QED) is 0.0170. The molecule has 0 aromatic heterocycles. The number of Topliss-reactive ketones (excluding diaryl/α,β-unsaturated/α-hetero) is 1. The lowest BCUT2D eigenvalue weighted by Gasteiger charge is -2.18. The van der Waals surface area contributed by atoms with E-state index in [1.165, 1.54) is 25.7 Å². The van der Waals surface area contributed by atoms with Gasteiger partial charge in [0.25, 0.3) is 0 Å². The number of rotatable bonds is 32. The molecule has 1 fully saturated rings. The summed E-state index contributed by atoms with van der Waals surface area (Å²) in [4.78, 5) is 55.4. The van der Waals surface area contributed by atoms with Gasteiger partial charge in [0.05, 0.1) is 18.8 Å². The molecule has 1 aliphatic carbocycles. The van der Waals surface area contributed by atoms with Gasteiger partial charge in [0.2, 0.25) is 0 Å². The largest absolute Gasteiger partial charge is 0.469 e. The van der Waals surface area contributed by atoms with E-state index in [1.54, 1.807) is 12.2 Å². The van der Waals surface area contributed by atoms with Crippen LogP contribution in [-0.4, -0.2) is 69.2 Å². The van der Waals surface area contributed by atoms with Crippen molar-refractivity contribution in [3.8, 4) is 0 Å². The summed E-state index contributed by atoms with van der Waals surface area (Å²) in [5, 5.41) is 20.6. The van der Waals surface area contributed by atoms with Gasteiger partial charge >= 0.3 is 19.8 Å². The Hall–Kier alpha value is -2.40. The van der Waals surface area contributed by atoms with Gasteiger partial charge in [-0.05, 0) is 57.8 Å². The van der Waals surface area contributed by atoms with E-state index in [2.05, 4.69) is 42.7 Å².